The molecule has 24 heavy (non-hydrogen) atoms. The highest BCUT2D eigenvalue weighted by molar-refractivity contribution is 6.02. The molecule has 8 heteroatoms. The van der Waals surface area contributed by atoms with Crippen molar-refractivity contribution in [1.29, 1.82) is 0 Å². The SMILES string of the molecule is CCC(CC)c1cc(C(=O)Nc2cnn(C(C)(C)C(=O)O)c2)on1. The minimum Gasteiger partial charge on any atom is -0.479 e. The summed E-state index contributed by atoms with van der Waals surface area (Å²) in [7, 11) is 0. The molecule has 0 radical (unpaired) electrons. The highest BCUT2D eigenvalue weighted by atomic mass is 16.5. The zero-order valence-electron chi connectivity index (χ0n) is 14.2. The molecule has 8 nitrogen and oxygen atoms in total. The van der Waals surface area contributed by atoms with E-state index in [0.717, 1.165) is 18.5 Å². The maximum atomic E-state index is 12.2. The summed E-state index contributed by atoms with van der Waals surface area (Å²) in [5, 5.41) is 19.8. The average Bonchev–Trinajstić information content (AvgIpc) is 3.18. The van der Waals surface area contributed by atoms with Crippen molar-refractivity contribution in [2.45, 2.75) is 52.0 Å². The average molecular weight is 334 g/mol. The summed E-state index contributed by atoms with van der Waals surface area (Å²) in [6, 6.07) is 1.64. The predicted molar refractivity (Wildman–Crippen MR) is 87.0 cm³/mol. The quantitative estimate of drug-likeness (QED) is 0.805. The lowest BCUT2D eigenvalue weighted by atomic mass is 9.99. The second-order valence-electron chi connectivity index (χ2n) is 6.12. The van der Waals surface area contributed by atoms with E-state index in [-0.39, 0.29) is 11.7 Å². The van der Waals surface area contributed by atoms with Crippen LogP contribution in [0.2, 0.25) is 0 Å². The molecule has 0 fully saturated rings. The molecule has 0 unspecified atom stereocenters. The van der Waals surface area contributed by atoms with Crippen LogP contribution in [0.4, 0.5) is 5.69 Å². The Morgan fingerprint density at radius 3 is 2.62 bits per heavy atom. The summed E-state index contributed by atoms with van der Waals surface area (Å²) in [6.07, 6.45) is 4.69. The Hall–Kier alpha value is -2.64. The molecule has 2 N–H and O–H groups in total. The Morgan fingerprint density at radius 2 is 2.04 bits per heavy atom. The molecular formula is C16H22N4O4. The van der Waals surface area contributed by atoms with E-state index in [0.29, 0.717) is 5.69 Å². The topological polar surface area (TPSA) is 110 Å². The molecule has 0 saturated carbocycles. The smallest absolute Gasteiger partial charge is 0.331 e. The standard InChI is InChI=1S/C16H22N4O4/c1-5-10(6-2)12-7-13(24-19-12)14(21)18-11-8-17-20(9-11)16(3,4)15(22)23/h7-10H,5-6H2,1-4H3,(H,18,21)(H,22,23). The number of carbonyl (C=O) groups is 2. The van der Waals surface area contributed by atoms with E-state index in [1.807, 2.05) is 0 Å². The molecule has 2 rings (SSSR count). The van der Waals surface area contributed by atoms with Gasteiger partial charge in [0.05, 0.1) is 17.6 Å². The van der Waals surface area contributed by atoms with Crippen LogP contribution >= 0.6 is 0 Å². The fourth-order valence-corrected chi connectivity index (χ4v) is 2.28. The van der Waals surface area contributed by atoms with Crippen molar-refractivity contribution < 1.29 is 19.2 Å². The van der Waals surface area contributed by atoms with Gasteiger partial charge in [0, 0.05) is 18.2 Å². The Balaban J connectivity index is 2.11. The van der Waals surface area contributed by atoms with Crippen molar-refractivity contribution in [3.8, 4) is 0 Å². The third-order valence-electron chi connectivity index (χ3n) is 4.09. The largest absolute Gasteiger partial charge is 0.479 e. The lowest BCUT2D eigenvalue weighted by Gasteiger charge is -2.19. The molecule has 2 aromatic heterocycles. The van der Waals surface area contributed by atoms with Crippen LogP contribution in [0, 0.1) is 0 Å². The molecule has 2 heterocycles. The Bertz CT molecular complexity index is 728. The molecule has 0 spiro atoms. The second-order valence-corrected chi connectivity index (χ2v) is 6.12. The Labute approximate surface area is 139 Å². The van der Waals surface area contributed by atoms with E-state index in [9.17, 15) is 14.7 Å². The third-order valence-corrected chi connectivity index (χ3v) is 4.09. The van der Waals surface area contributed by atoms with E-state index in [2.05, 4.69) is 29.4 Å². The number of rotatable bonds is 7. The zero-order chi connectivity index (χ0) is 17.9. The van der Waals surface area contributed by atoms with Crippen molar-refractivity contribution >= 4 is 17.6 Å². The minimum atomic E-state index is -1.21. The van der Waals surface area contributed by atoms with Gasteiger partial charge in [-0.3, -0.25) is 9.48 Å². The van der Waals surface area contributed by atoms with Gasteiger partial charge in [-0.1, -0.05) is 19.0 Å². The molecule has 0 aliphatic carbocycles. The number of carbonyl (C=O) groups excluding carboxylic acids is 1. The van der Waals surface area contributed by atoms with Crippen LogP contribution in [0.25, 0.3) is 0 Å². The van der Waals surface area contributed by atoms with Crippen LogP contribution in [0.1, 0.15) is 62.7 Å². The molecule has 0 aliphatic heterocycles. The summed E-state index contributed by atoms with van der Waals surface area (Å²) in [6.45, 7) is 7.15. The van der Waals surface area contributed by atoms with E-state index in [4.69, 9.17) is 4.52 Å². The van der Waals surface area contributed by atoms with Gasteiger partial charge in [-0.05, 0) is 26.7 Å². The number of nitrogens with zero attached hydrogens (tertiary/aromatic N) is 3. The van der Waals surface area contributed by atoms with Gasteiger partial charge in [0.2, 0.25) is 5.76 Å². The van der Waals surface area contributed by atoms with Gasteiger partial charge >= 0.3 is 5.97 Å². The predicted octanol–water partition coefficient (Wildman–Crippen LogP) is 2.85. The molecule has 0 atom stereocenters. The molecule has 0 aromatic carbocycles. The summed E-state index contributed by atoms with van der Waals surface area (Å²) < 4.78 is 6.39. The number of carboxylic acid groups (broad SMARTS) is 1. The fourth-order valence-electron chi connectivity index (χ4n) is 2.28. The van der Waals surface area contributed by atoms with Crippen molar-refractivity contribution in [2.75, 3.05) is 5.32 Å². The van der Waals surface area contributed by atoms with Gasteiger partial charge in [-0.15, -0.1) is 0 Å². The molecule has 2 aromatic rings. The maximum Gasteiger partial charge on any atom is 0.331 e. The zero-order valence-corrected chi connectivity index (χ0v) is 14.2. The van der Waals surface area contributed by atoms with Crippen LogP contribution in [-0.2, 0) is 10.3 Å². The number of amides is 1. The van der Waals surface area contributed by atoms with E-state index >= 15 is 0 Å². The van der Waals surface area contributed by atoms with Gasteiger partial charge < -0.3 is 14.9 Å². The molecule has 0 saturated heterocycles. The normalized spacial score (nSPS) is 11.7. The number of aliphatic carboxylic acids is 1. The third kappa shape index (κ3) is 3.47. The second kappa shape index (κ2) is 6.86. The molecule has 1 amide bonds. The minimum absolute atomic E-state index is 0.113. The summed E-state index contributed by atoms with van der Waals surface area (Å²) in [5.41, 5.74) is -0.0691. The number of aromatic nitrogens is 3. The number of nitrogens with one attached hydrogen (secondary N) is 1. The maximum absolute atomic E-state index is 12.2. The number of hydrogen-bond donors (Lipinski definition) is 2. The van der Waals surface area contributed by atoms with Crippen LogP contribution in [0.15, 0.2) is 23.0 Å². The van der Waals surface area contributed by atoms with Crippen LogP contribution in [0.3, 0.4) is 0 Å². The van der Waals surface area contributed by atoms with Gasteiger partial charge in [-0.25, -0.2) is 4.79 Å². The van der Waals surface area contributed by atoms with Gasteiger partial charge in [0.15, 0.2) is 5.54 Å². The first-order chi connectivity index (χ1) is 11.3. The van der Waals surface area contributed by atoms with Gasteiger partial charge in [0.25, 0.3) is 5.91 Å². The van der Waals surface area contributed by atoms with Crippen LogP contribution in [-0.4, -0.2) is 31.9 Å². The molecule has 0 aliphatic rings. The van der Waals surface area contributed by atoms with E-state index in [1.54, 1.807) is 6.07 Å². The number of carboxylic acids is 1. The van der Waals surface area contributed by atoms with Crippen molar-refractivity contribution in [3.05, 3.63) is 29.9 Å². The Morgan fingerprint density at radius 1 is 1.38 bits per heavy atom. The van der Waals surface area contributed by atoms with Crippen molar-refractivity contribution in [3.63, 3.8) is 0 Å². The van der Waals surface area contributed by atoms with E-state index in [1.165, 1.54) is 30.9 Å². The molecular weight excluding hydrogens is 312 g/mol. The lowest BCUT2D eigenvalue weighted by molar-refractivity contribution is -0.146. The Kier molecular flexibility index (Phi) is 5.06. The van der Waals surface area contributed by atoms with Crippen LogP contribution < -0.4 is 5.32 Å². The first-order valence-corrected chi connectivity index (χ1v) is 7.86. The van der Waals surface area contributed by atoms with Crippen molar-refractivity contribution in [1.82, 2.24) is 14.9 Å². The first-order valence-electron chi connectivity index (χ1n) is 7.86. The first kappa shape index (κ1) is 17.7. The van der Waals surface area contributed by atoms with Gasteiger partial charge in [-0.2, -0.15) is 5.10 Å². The fraction of sp³-hybridized carbons (Fsp3) is 0.500. The lowest BCUT2D eigenvalue weighted by Crippen LogP contribution is -2.35. The van der Waals surface area contributed by atoms with Crippen LogP contribution in [0.5, 0.6) is 0 Å². The molecule has 130 valence electrons. The van der Waals surface area contributed by atoms with Crippen molar-refractivity contribution in [2.24, 2.45) is 0 Å². The highest BCUT2D eigenvalue weighted by Gasteiger charge is 2.30. The van der Waals surface area contributed by atoms with E-state index < -0.39 is 17.4 Å². The monoisotopic (exact) mass is 334 g/mol. The summed E-state index contributed by atoms with van der Waals surface area (Å²) in [5.74, 6) is -1.10. The summed E-state index contributed by atoms with van der Waals surface area (Å²) >= 11 is 0. The number of hydrogen-bond acceptors (Lipinski definition) is 5. The summed E-state index contributed by atoms with van der Waals surface area (Å²) in [4.78, 5) is 23.4. The molecule has 0 bridgehead atoms. The number of anilines is 1. The van der Waals surface area contributed by atoms with Gasteiger partial charge in [0.1, 0.15) is 0 Å². The highest BCUT2D eigenvalue weighted by Crippen LogP contribution is 2.23.